The van der Waals surface area contributed by atoms with Crippen LogP contribution in [0.25, 0.3) is 0 Å². The highest BCUT2D eigenvalue weighted by molar-refractivity contribution is 7.16. The van der Waals surface area contributed by atoms with Crippen LogP contribution in [0.4, 0.5) is 0 Å². The Morgan fingerprint density at radius 1 is 1.32 bits per heavy atom. The minimum Gasteiger partial charge on any atom is -0.484 e. The predicted molar refractivity (Wildman–Crippen MR) is 86.3 cm³/mol. The molecule has 2 amide bonds. The molecule has 1 aromatic heterocycles. The molecule has 0 aliphatic heterocycles. The molecule has 7 heteroatoms. The van der Waals surface area contributed by atoms with Gasteiger partial charge in [0.15, 0.2) is 6.61 Å². The molecule has 1 aromatic carbocycles. The standard InChI is InChI=1S/C15H15ClN2O3S/c1-18(8-12-5-6-13(16)22-12)14(19)9-21-11-4-2-3-10(7-11)15(17)20/h2-7H,8-9H2,1H3,(H2,17,20). The van der Waals surface area contributed by atoms with Crippen molar-refractivity contribution in [2.24, 2.45) is 5.73 Å². The normalized spacial score (nSPS) is 10.3. The average Bonchev–Trinajstić information content (AvgIpc) is 2.90. The summed E-state index contributed by atoms with van der Waals surface area (Å²) in [7, 11) is 1.69. The molecule has 1 heterocycles. The summed E-state index contributed by atoms with van der Waals surface area (Å²) < 4.78 is 6.09. The van der Waals surface area contributed by atoms with Gasteiger partial charge in [-0.2, -0.15) is 0 Å². The minimum atomic E-state index is -0.538. The molecular weight excluding hydrogens is 324 g/mol. The smallest absolute Gasteiger partial charge is 0.260 e. The number of thiophene rings is 1. The Morgan fingerprint density at radius 2 is 2.09 bits per heavy atom. The quantitative estimate of drug-likeness (QED) is 0.879. The van der Waals surface area contributed by atoms with Crippen LogP contribution >= 0.6 is 22.9 Å². The number of benzene rings is 1. The van der Waals surface area contributed by atoms with Gasteiger partial charge in [-0.1, -0.05) is 17.7 Å². The number of carbonyl (C=O) groups excluding carboxylic acids is 2. The summed E-state index contributed by atoms with van der Waals surface area (Å²) in [6, 6.07) is 10.1. The van der Waals surface area contributed by atoms with E-state index < -0.39 is 5.91 Å². The second-order valence-corrected chi connectivity index (χ2v) is 6.44. The molecular formula is C15H15ClN2O3S. The molecule has 0 atom stereocenters. The van der Waals surface area contributed by atoms with Gasteiger partial charge < -0.3 is 15.4 Å². The highest BCUT2D eigenvalue weighted by Gasteiger charge is 2.12. The molecule has 0 fully saturated rings. The van der Waals surface area contributed by atoms with Gasteiger partial charge in [-0.25, -0.2) is 0 Å². The summed E-state index contributed by atoms with van der Waals surface area (Å²) in [4.78, 5) is 25.7. The molecule has 2 N–H and O–H groups in total. The molecule has 2 rings (SSSR count). The van der Waals surface area contributed by atoms with Gasteiger partial charge in [0.05, 0.1) is 10.9 Å². The molecule has 0 bridgehead atoms. The average molecular weight is 339 g/mol. The highest BCUT2D eigenvalue weighted by Crippen LogP contribution is 2.22. The maximum absolute atomic E-state index is 12.0. The molecule has 0 saturated heterocycles. The van der Waals surface area contributed by atoms with Crippen LogP contribution in [0, 0.1) is 0 Å². The maximum Gasteiger partial charge on any atom is 0.260 e. The number of carbonyl (C=O) groups is 2. The third kappa shape index (κ3) is 4.47. The van der Waals surface area contributed by atoms with E-state index in [2.05, 4.69) is 0 Å². The van der Waals surface area contributed by atoms with E-state index in [0.29, 0.717) is 22.2 Å². The predicted octanol–water partition coefficient (Wildman–Crippen LogP) is 2.54. The van der Waals surface area contributed by atoms with Crippen molar-refractivity contribution in [3.63, 3.8) is 0 Å². The number of nitrogens with two attached hydrogens (primary N) is 1. The summed E-state index contributed by atoms with van der Waals surface area (Å²) in [5, 5.41) is 0. The lowest BCUT2D eigenvalue weighted by molar-refractivity contribution is -0.132. The van der Waals surface area contributed by atoms with Gasteiger partial charge in [-0.05, 0) is 30.3 Å². The van der Waals surface area contributed by atoms with E-state index in [1.165, 1.54) is 17.4 Å². The Morgan fingerprint density at radius 3 is 2.73 bits per heavy atom. The second-order valence-electron chi connectivity index (χ2n) is 4.64. The number of ether oxygens (including phenoxy) is 1. The first-order valence-corrected chi connectivity index (χ1v) is 7.66. The van der Waals surface area contributed by atoms with E-state index in [4.69, 9.17) is 22.1 Å². The highest BCUT2D eigenvalue weighted by atomic mass is 35.5. The third-order valence-electron chi connectivity index (χ3n) is 2.93. The van der Waals surface area contributed by atoms with E-state index in [9.17, 15) is 9.59 Å². The number of primary amides is 1. The van der Waals surface area contributed by atoms with E-state index in [0.717, 1.165) is 4.88 Å². The number of halogens is 1. The van der Waals surface area contributed by atoms with Gasteiger partial charge in [0.2, 0.25) is 5.91 Å². The summed E-state index contributed by atoms with van der Waals surface area (Å²) in [5.74, 6) is -0.283. The number of hydrogen-bond donors (Lipinski definition) is 1. The van der Waals surface area contributed by atoms with Crippen molar-refractivity contribution in [2.75, 3.05) is 13.7 Å². The molecule has 0 unspecified atom stereocenters. The van der Waals surface area contributed by atoms with Crippen molar-refractivity contribution in [1.29, 1.82) is 0 Å². The van der Waals surface area contributed by atoms with Crippen molar-refractivity contribution in [1.82, 2.24) is 4.90 Å². The van der Waals surface area contributed by atoms with Crippen molar-refractivity contribution >= 4 is 34.8 Å². The number of likely N-dealkylation sites (N-methyl/N-ethyl adjacent to an activating group) is 1. The van der Waals surface area contributed by atoms with E-state index in [1.54, 1.807) is 36.2 Å². The summed E-state index contributed by atoms with van der Waals surface area (Å²) in [6.45, 7) is 0.360. The molecule has 0 saturated carbocycles. The van der Waals surface area contributed by atoms with Crippen molar-refractivity contribution < 1.29 is 14.3 Å². The Labute approximate surface area is 137 Å². The van der Waals surface area contributed by atoms with Gasteiger partial charge >= 0.3 is 0 Å². The van der Waals surface area contributed by atoms with Gasteiger partial charge in [0.1, 0.15) is 5.75 Å². The molecule has 2 aromatic rings. The van der Waals surface area contributed by atoms with Crippen LogP contribution in [0.15, 0.2) is 36.4 Å². The summed E-state index contributed by atoms with van der Waals surface area (Å²) >= 11 is 7.29. The van der Waals surface area contributed by atoms with Crippen molar-refractivity contribution in [3.8, 4) is 5.75 Å². The first kappa shape index (κ1) is 16.3. The fourth-order valence-corrected chi connectivity index (χ4v) is 2.89. The molecule has 0 aliphatic rings. The lowest BCUT2D eigenvalue weighted by atomic mass is 10.2. The molecule has 0 radical (unpaired) electrons. The van der Waals surface area contributed by atoms with Crippen LogP contribution in [-0.4, -0.2) is 30.4 Å². The fraction of sp³-hybridized carbons (Fsp3) is 0.200. The molecule has 5 nitrogen and oxygen atoms in total. The van der Waals surface area contributed by atoms with E-state index in [-0.39, 0.29) is 12.5 Å². The number of nitrogens with zero attached hydrogens (tertiary/aromatic N) is 1. The topological polar surface area (TPSA) is 72.6 Å². The van der Waals surface area contributed by atoms with Crippen molar-refractivity contribution in [3.05, 3.63) is 51.2 Å². The first-order valence-electron chi connectivity index (χ1n) is 6.46. The Bertz CT molecular complexity index is 687. The number of hydrogen-bond acceptors (Lipinski definition) is 4. The first-order chi connectivity index (χ1) is 10.5. The number of amides is 2. The van der Waals surface area contributed by atoms with Crippen LogP contribution in [0.3, 0.4) is 0 Å². The zero-order valence-corrected chi connectivity index (χ0v) is 13.5. The zero-order valence-electron chi connectivity index (χ0n) is 11.9. The van der Waals surface area contributed by atoms with Crippen LogP contribution in [-0.2, 0) is 11.3 Å². The van der Waals surface area contributed by atoms with Crippen LogP contribution in [0.2, 0.25) is 4.34 Å². The second kappa shape index (κ2) is 7.29. The van der Waals surface area contributed by atoms with Gasteiger partial charge in [-0.3, -0.25) is 9.59 Å². The van der Waals surface area contributed by atoms with E-state index in [1.807, 2.05) is 6.07 Å². The Balaban J connectivity index is 1.89. The van der Waals surface area contributed by atoms with Gasteiger partial charge in [-0.15, -0.1) is 11.3 Å². The van der Waals surface area contributed by atoms with Crippen molar-refractivity contribution in [2.45, 2.75) is 6.54 Å². The third-order valence-corrected chi connectivity index (χ3v) is 4.14. The molecule has 0 aliphatic carbocycles. The molecule has 116 valence electrons. The lowest BCUT2D eigenvalue weighted by Gasteiger charge is -2.16. The van der Waals surface area contributed by atoms with E-state index >= 15 is 0 Å². The van der Waals surface area contributed by atoms with Crippen LogP contribution < -0.4 is 10.5 Å². The fourth-order valence-electron chi connectivity index (χ4n) is 1.75. The number of rotatable bonds is 6. The Hall–Kier alpha value is -2.05. The van der Waals surface area contributed by atoms with Gasteiger partial charge in [0, 0.05) is 17.5 Å². The Kier molecular flexibility index (Phi) is 5.41. The molecule has 0 spiro atoms. The minimum absolute atomic E-state index is 0.113. The summed E-state index contributed by atoms with van der Waals surface area (Å²) in [6.07, 6.45) is 0. The summed E-state index contributed by atoms with van der Waals surface area (Å²) in [5.41, 5.74) is 5.53. The largest absolute Gasteiger partial charge is 0.484 e. The van der Waals surface area contributed by atoms with Crippen LogP contribution in [0.1, 0.15) is 15.2 Å². The van der Waals surface area contributed by atoms with Gasteiger partial charge in [0.25, 0.3) is 5.91 Å². The lowest BCUT2D eigenvalue weighted by Crippen LogP contribution is -2.30. The SMILES string of the molecule is CN(Cc1ccc(Cl)s1)C(=O)COc1cccc(C(N)=O)c1. The molecule has 22 heavy (non-hydrogen) atoms. The zero-order chi connectivity index (χ0) is 16.1. The monoisotopic (exact) mass is 338 g/mol. The maximum atomic E-state index is 12.0. The van der Waals surface area contributed by atoms with Crippen LogP contribution in [0.5, 0.6) is 5.75 Å².